The van der Waals surface area contributed by atoms with Crippen molar-refractivity contribution in [1.82, 2.24) is 0 Å². The number of aryl methyl sites for hydroxylation is 1. The van der Waals surface area contributed by atoms with Crippen molar-refractivity contribution in [2.75, 3.05) is 18.5 Å². The number of rotatable bonds is 6. The second-order valence-electron chi connectivity index (χ2n) is 9.28. The van der Waals surface area contributed by atoms with Crippen molar-refractivity contribution in [2.45, 2.75) is 53.1 Å². The van der Waals surface area contributed by atoms with E-state index in [4.69, 9.17) is 4.74 Å². The van der Waals surface area contributed by atoms with Crippen LogP contribution in [0.1, 0.15) is 51.2 Å². The van der Waals surface area contributed by atoms with E-state index in [9.17, 15) is 4.79 Å². The van der Waals surface area contributed by atoms with Gasteiger partial charge in [0.05, 0.1) is 0 Å². The number of ether oxygens (including phenoxy) is 1. The van der Waals surface area contributed by atoms with Gasteiger partial charge in [0.15, 0.2) is 0 Å². The Morgan fingerprint density at radius 3 is 2.59 bits per heavy atom. The zero-order valence-electron chi connectivity index (χ0n) is 19.8. The fourth-order valence-corrected chi connectivity index (χ4v) is 5.16. The van der Waals surface area contributed by atoms with Gasteiger partial charge in [-0.3, -0.25) is 9.79 Å². The first-order valence-corrected chi connectivity index (χ1v) is 12.3. The fraction of sp³-hybridized carbons (Fsp3) is 0.481. The predicted molar refractivity (Wildman–Crippen MR) is 136 cm³/mol. The van der Waals surface area contributed by atoms with Gasteiger partial charge in [0.2, 0.25) is 0 Å². The van der Waals surface area contributed by atoms with Gasteiger partial charge < -0.3 is 9.64 Å². The van der Waals surface area contributed by atoms with Gasteiger partial charge in [0.1, 0.15) is 18.5 Å². The first-order chi connectivity index (χ1) is 15.3. The molecule has 4 nitrogen and oxygen atoms in total. The number of hydrogen-bond acceptors (Lipinski definition) is 3. The number of hydrogen-bond donors (Lipinski definition) is 0. The van der Waals surface area contributed by atoms with Gasteiger partial charge in [0, 0.05) is 22.8 Å². The molecule has 1 aliphatic rings. The normalized spacial score (nSPS) is 21.5. The molecule has 2 aromatic rings. The number of para-hydroxylation sites is 1. The van der Waals surface area contributed by atoms with Crippen molar-refractivity contribution in [3.63, 3.8) is 0 Å². The molecule has 0 radical (unpaired) electrons. The topological polar surface area (TPSA) is 41.9 Å². The summed E-state index contributed by atoms with van der Waals surface area (Å²) in [6.07, 6.45) is 3.26. The van der Waals surface area contributed by atoms with Gasteiger partial charge in [-0.05, 0) is 61.3 Å². The number of esters is 1. The van der Waals surface area contributed by atoms with Crippen molar-refractivity contribution in [1.29, 1.82) is 0 Å². The van der Waals surface area contributed by atoms with Crippen LogP contribution in [0.3, 0.4) is 0 Å². The first-order valence-electron chi connectivity index (χ1n) is 11.6. The summed E-state index contributed by atoms with van der Waals surface area (Å²) in [7, 11) is 1.77. The number of aliphatic imine (C=N–C) groups is 1. The molecule has 0 unspecified atom stereocenters. The Morgan fingerprint density at radius 2 is 1.94 bits per heavy atom. The third kappa shape index (κ3) is 6.00. The summed E-state index contributed by atoms with van der Waals surface area (Å²) in [5, 5.41) is 0. The summed E-state index contributed by atoms with van der Waals surface area (Å²) in [6.45, 7) is 8.90. The smallest absolute Gasteiger partial charge is 0.326 e. The fourth-order valence-electron chi connectivity index (χ4n) is 4.76. The SMILES string of the molecule is CN=C(c1cccc(Br)c1)N(CC(=O)O[C@@H]1C[C@H](C)CC[C@H]1C(C)C)c1ccccc1C. The molecule has 0 N–H and O–H groups in total. The second-order valence-corrected chi connectivity index (χ2v) is 10.2. The molecule has 0 aromatic heterocycles. The van der Waals surface area contributed by atoms with Gasteiger partial charge >= 0.3 is 5.97 Å². The highest BCUT2D eigenvalue weighted by Crippen LogP contribution is 2.35. The number of benzene rings is 2. The van der Waals surface area contributed by atoms with Crippen LogP contribution in [0.25, 0.3) is 0 Å². The van der Waals surface area contributed by atoms with Crippen LogP contribution in [-0.4, -0.2) is 31.5 Å². The van der Waals surface area contributed by atoms with E-state index in [1.54, 1.807) is 7.05 Å². The lowest BCUT2D eigenvalue weighted by Crippen LogP contribution is -2.41. The second kappa shape index (κ2) is 11.1. The summed E-state index contributed by atoms with van der Waals surface area (Å²) in [5.74, 6) is 2.06. The first kappa shape index (κ1) is 24.5. The molecule has 3 rings (SSSR count). The number of carbonyl (C=O) groups is 1. The number of carbonyl (C=O) groups excluding carboxylic acids is 1. The molecule has 0 aliphatic heterocycles. The highest BCUT2D eigenvalue weighted by atomic mass is 79.9. The lowest BCUT2D eigenvalue weighted by atomic mass is 9.75. The molecule has 32 heavy (non-hydrogen) atoms. The minimum Gasteiger partial charge on any atom is -0.461 e. The van der Waals surface area contributed by atoms with Crippen molar-refractivity contribution in [3.8, 4) is 0 Å². The van der Waals surface area contributed by atoms with Gasteiger partial charge in [-0.1, -0.05) is 73.5 Å². The minimum absolute atomic E-state index is 0.0159. The Balaban J connectivity index is 1.89. The van der Waals surface area contributed by atoms with Gasteiger partial charge in [-0.25, -0.2) is 0 Å². The molecule has 0 saturated heterocycles. The van der Waals surface area contributed by atoms with Crippen LogP contribution >= 0.6 is 15.9 Å². The average molecular weight is 499 g/mol. The molecule has 0 amide bonds. The molecular formula is C27H35BrN2O2. The van der Waals surface area contributed by atoms with Crippen LogP contribution < -0.4 is 4.90 Å². The maximum Gasteiger partial charge on any atom is 0.326 e. The molecule has 0 heterocycles. The van der Waals surface area contributed by atoms with E-state index in [0.29, 0.717) is 17.8 Å². The molecule has 3 atom stereocenters. The van der Waals surface area contributed by atoms with E-state index in [1.807, 2.05) is 47.4 Å². The van der Waals surface area contributed by atoms with Crippen molar-refractivity contribution >= 4 is 33.4 Å². The number of nitrogens with zero attached hydrogens (tertiary/aromatic N) is 2. The largest absolute Gasteiger partial charge is 0.461 e. The molecule has 1 saturated carbocycles. The van der Waals surface area contributed by atoms with Crippen LogP contribution in [0, 0.1) is 24.7 Å². The molecule has 0 bridgehead atoms. The third-order valence-corrected chi connectivity index (χ3v) is 6.98. The van der Waals surface area contributed by atoms with Crippen LogP contribution in [0.2, 0.25) is 0 Å². The number of amidine groups is 1. The molecular weight excluding hydrogens is 464 g/mol. The van der Waals surface area contributed by atoms with E-state index < -0.39 is 0 Å². The van der Waals surface area contributed by atoms with Gasteiger partial charge in [-0.2, -0.15) is 0 Å². The Hall–Kier alpha value is -2.14. The maximum absolute atomic E-state index is 13.3. The van der Waals surface area contributed by atoms with E-state index in [1.165, 1.54) is 6.42 Å². The van der Waals surface area contributed by atoms with Crippen molar-refractivity contribution in [2.24, 2.45) is 22.7 Å². The molecule has 172 valence electrons. The summed E-state index contributed by atoms with van der Waals surface area (Å²) in [4.78, 5) is 19.8. The zero-order valence-corrected chi connectivity index (χ0v) is 21.4. The van der Waals surface area contributed by atoms with Crippen LogP contribution in [0.15, 0.2) is 58.0 Å². The minimum atomic E-state index is -0.200. The standard InChI is InChI=1S/C27H35BrN2O2/c1-18(2)23-14-13-19(3)15-25(23)32-26(31)17-30(24-12-7-6-9-20(24)4)27(29-5)21-10-8-11-22(28)16-21/h6-12,16,18-19,23,25H,13-15,17H2,1-5H3/t19-,23+,25-/m1/s1. The molecule has 2 aromatic carbocycles. The highest BCUT2D eigenvalue weighted by Gasteiger charge is 2.34. The van der Waals surface area contributed by atoms with E-state index in [-0.39, 0.29) is 18.6 Å². The van der Waals surface area contributed by atoms with Crippen LogP contribution in [-0.2, 0) is 9.53 Å². The zero-order chi connectivity index (χ0) is 23.3. The Kier molecular flexibility index (Phi) is 8.52. The quantitative estimate of drug-likeness (QED) is 0.254. The number of anilines is 1. The summed E-state index contributed by atoms with van der Waals surface area (Å²) < 4.78 is 7.11. The van der Waals surface area contributed by atoms with Gasteiger partial charge in [0.25, 0.3) is 0 Å². The average Bonchev–Trinajstić information content (AvgIpc) is 2.74. The number of halogens is 1. The molecule has 1 fully saturated rings. The lowest BCUT2D eigenvalue weighted by Gasteiger charge is -2.37. The lowest BCUT2D eigenvalue weighted by molar-refractivity contribution is -0.154. The Bertz CT molecular complexity index is 956. The monoisotopic (exact) mass is 498 g/mol. The summed E-state index contributed by atoms with van der Waals surface area (Å²) >= 11 is 3.56. The van der Waals surface area contributed by atoms with Crippen molar-refractivity contribution < 1.29 is 9.53 Å². The van der Waals surface area contributed by atoms with Crippen LogP contribution in [0.4, 0.5) is 5.69 Å². The molecule has 5 heteroatoms. The van der Waals surface area contributed by atoms with E-state index >= 15 is 0 Å². The Morgan fingerprint density at radius 1 is 1.19 bits per heavy atom. The highest BCUT2D eigenvalue weighted by molar-refractivity contribution is 9.10. The van der Waals surface area contributed by atoms with Gasteiger partial charge in [-0.15, -0.1) is 0 Å². The third-order valence-electron chi connectivity index (χ3n) is 6.49. The summed E-state index contributed by atoms with van der Waals surface area (Å²) in [6, 6.07) is 16.1. The molecule has 1 aliphatic carbocycles. The summed E-state index contributed by atoms with van der Waals surface area (Å²) in [5.41, 5.74) is 2.99. The van der Waals surface area contributed by atoms with Crippen LogP contribution in [0.5, 0.6) is 0 Å². The van der Waals surface area contributed by atoms with Crippen molar-refractivity contribution in [3.05, 3.63) is 64.1 Å². The van der Waals surface area contributed by atoms with E-state index in [0.717, 1.165) is 40.0 Å². The van der Waals surface area contributed by atoms with E-state index in [2.05, 4.69) is 54.7 Å². The predicted octanol–water partition coefficient (Wildman–Crippen LogP) is 6.64. The Labute approximate surface area is 201 Å². The maximum atomic E-state index is 13.3. The molecule has 0 spiro atoms.